The van der Waals surface area contributed by atoms with E-state index in [2.05, 4.69) is 10.3 Å². The Balaban J connectivity index is 2.67. The first-order chi connectivity index (χ1) is 11.4. The van der Waals surface area contributed by atoms with E-state index in [9.17, 15) is 14.4 Å². The second-order valence-corrected chi connectivity index (χ2v) is 5.97. The number of urea groups is 1. The molecular formula is C15H23N3O5S. The highest BCUT2D eigenvalue weighted by Gasteiger charge is 2.21. The summed E-state index contributed by atoms with van der Waals surface area (Å²) in [6, 6.07) is -0.506. The fourth-order valence-electron chi connectivity index (χ4n) is 1.78. The SMILES string of the molecule is CCOC(=O)CNC(=O)N(Cc1nc(C(=O)OCC)cs1)C(C)C. The minimum Gasteiger partial charge on any atom is -0.465 e. The van der Waals surface area contributed by atoms with Crippen LogP contribution in [0.15, 0.2) is 5.38 Å². The quantitative estimate of drug-likeness (QED) is 0.713. The molecule has 0 spiro atoms. The number of carbonyl (C=O) groups excluding carboxylic acids is 3. The first-order valence-electron chi connectivity index (χ1n) is 7.70. The highest BCUT2D eigenvalue weighted by Crippen LogP contribution is 2.15. The van der Waals surface area contributed by atoms with E-state index in [-0.39, 0.29) is 38.0 Å². The molecule has 0 atom stereocenters. The maximum atomic E-state index is 12.2. The van der Waals surface area contributed by atoms with Gasteiger partial charge in [-0.2, -0.15) is 0 Å². The van der Waals surface area contributed by atoms with Gasteiger partial charge in [-0.25, -0.2) is 14.6 Å². The smallest absolute Gasteiger partial charge is 0.357 e. The molecule has 2 amide bonds. The van der Waals surface area contributed by atoms with Crippen LogP contribution in [0.2, 0.25) is 0 Å². The zero-order valence-electron chi connectivity index (χ0n) is 14.3. The van der Waals surface area contributed by atoms with Gasteiger partial charge in [0.1, 0.15) is 11.6 Å². The Morgan fingerprint density at radius 2 is 1.92 bits per heavy atom. The van der Waals surface area contributed by atoms with Crippen molar-refractivity contribution in [1.82, 2.24) is 15.2 Å². The zero-order valence-corrected chi connectivity index (χ0v) is 15.1. The number of thiazole rings is 1. The van der Waals surface area contributed by atoms with Crippen molar-refractivity contribution in [3.63, 3.8) is 0 Å². The van der Waals surface area contributed by atoms with Gasteiger partial charge in [0.25, 0.3) is 0 Å². The van der Waals surface area contributed by atoms with Gasteiger partial charge in [-0.1, -0.05) is 0 Å². The summed E-state index contributed by atoms with van der Waals surface area (Å²) in [4.78, 5) is 40.9. The lowest BCUT2D eigenvalue weighted by Gasteiger charge is -2.25. The molecule has 0 aliphatic heterocycles. The summed E-state index contributed by atoms with van der Waals surface area (Å²) in [7, 11) is 0. The largest absolute Gasteiger partial charge is 0.465 e. The number of aromatic nitrogens is 1. The molecule has 24 heavy (non-hydrogen) atoms. The lowest BCUT2D eigenvalue weighted by molar-refractivity contribution is -0.141. The van der Waals surface area contributed by atoms with Crippen LogP contribution in [0.4, 0.5) is 4.79 Å². The molecule has 1 aromatic heterocycles. The summed E-state index contributed by atoms with van der Waals surface area (Å²) in [6.45, 7) is 7.70. The molecule has 1 N–H and O–H groups in total. The average molecular weight is 357 g/mol. The van der Waals surface area contributed by atoms with Crippen molar-refractivity contribution < 1.29 is 23.9 Å². The summed E-state index contributed by atoms with van der Waals surface area (Å²) < 4.78 is 9.66. The second kappa shape index (κ2) is 9.86. The normalized spacial score (nSPS) is 10.4. The summed E-state index contributed by atoms with van der Waals surface area (Å²) in [5.74, 6) is -0.976. The molecule has 0 saturated heterocycles. The molecule has 9 heteroatoms. The lowest BCUT2D eigenvalue weighted by atomic mass is 10.3. The zero-order chi connectivity index (χ0) is 18.1. The molecule has 0 radical (unpaired) electrons. The molecule has 0 bridgehead atoms. The number of hydrogen-bond acceptors (Lipinski definition) is 7. The third kappa shape index (κ3) is 6.15. The van der Waals surface area contributed by atoms with Crippen LogP contribution < -0.4 is 5.32 Å². The Hall–Kier alpha value is -2.16. The fraction of sp³-hybridized carbons (Fsp3) is 0.600. The van der Waals surface area contributed by atoms with Crippen molar-refractivity contribution in [3.8, 4) is 0 Å². The number of nitrogens with zero attached hydrogens (tertiary/aromatic N) is 2. The van der Waals surface area contributed by atoms with Crippen LogP contribution in [-0.4, -0.2) is 53.7 Å². The summed E-state index contributed by atoms with van der Waals surface area (Å²) >= 11 is 1.27. The Kier molecular flexibility index (Phi) is 8.17. The highest BCUT2D eigenvalue weighted by atomic mass is 32.1. The van der Waals surface area contributed by atoms with Crippen LogP contribution in [-0.2, 0) is 20.8 Å². The van der Waals surface area contributed by atoms with Gasteiger partial charge in [-0.05, 0) is 27.7 Å². The molecule has 1 heterocycles. The number of carbonyl (C=O) groups is 3. The van der Waals surface area contributed by atoms with Gasteiger partial charge in [-0.15, -0.1) is 11.3 Å². The van der Waals surface area contributed by atoms with E-state index in [1.54, 1.807) is 19.2 Å². The summed E-state index contributed by atoms with van der Waals surface area (Å²) in [5.41, 5.74) is 0.229. The summed E-state index contributed by atoms with van der Waals surface area (Å²) in [6.07, 6.45) is 0. The number of nitrogens with one attached hydrogen (secondary N) is 1. The minimum absolute atomic E-state index is 0.109. The maximum absolute atomic E-state index is 12.2. The van der Waals surface area contributed by atoms with E-state index in [0.29, 0.717) is 5.01 Å². The Bertz CT molecular complexity index is 573. The van der Waals surface area contributed by atoms with E-state index < -0.39 is 18.0 Å². The molecule has 1 rings (SSSR count). The maximum Gasteiger partial charge on any atom is 0.357 e. The Morgan fingerprint density at radius 3 is 2.50 bits per heavy atom. The van der Waals surface area contributed by atoms with Crippen LogP contribution in [0.3, 0.4) is 0 Å². The number of esters is 2. The van der Waals surface area contributed by atoms with Crippen molar-refractivity contribution in [2.24, 2.45) is 0 Å². The van der Waals surface area contributed by atoms with E-state index in [1.165, 1.54) is 16.2 Å². The van der Waals surface area contributed by atoms with Crippen LogP contribution in [0.25, 0.3) is 0 Å². The van der Waals surface area contributed by atoms with Crippen LogP contribution in [0.5, 0.6) is 0 Å². The molecule has 8 nitrogen and oxygen atoms in total. The number of amides is 2. The predicted octanol–water partition coefficient (Wildman–Crippen LogP) is 1.80. The first kappa shape index (κ1) is 19.9. The Labute approximate surface area is 145 Å². The van der Waals surface area contributed by atoms with Gasteiger partial charge >= 0.3 is 18.0 Å². The monoisotopic (exact) mass is 357 g/mol. The molecule has 1 aromatic rings. The molecule has 0 aromatic carbocycles. The highest BCUT2D eigenvalue weighted by molar-refractivity contribution is 7.09. The Morgan fingerprint density at radius 1 is 1.25 bits per heavy atom. The minimum atomic E-state index is -0.492. The third-order valence-corrected chi connectivity index (χ3v) is 3.75. The molecule has 0 aliphatic rings. The lowest BCUT2D eigenvalue weighted by Crippen LogP contribution is -2.45. The van der Waals surface area contributed by atoms with E-state index in [4.69, 9.17) is 9.47 Å². The fourth-order valence-corrected chi connectivity index (χ4v) is 2.54. The topological polar surface area (TPSA) is 97.8 Å². The van der Waals surface area contributed by atoms with Crippen LogP contribution in [0, 0.1) is 0 Å². The molecule has 0 fully saturated rings. The van der Waals surface area contributed by atoms with Crippen molar-refractivity contribution in [2.45, 2.75) is 40.3 Å². The van der Waals surface area contributed by atoms with Crippen molar-refractivity contribution in [2.75, 3.05) is 19.8 Å². The van der Waals surface area contributed by atoms with Crippen molar-refractivity contribution >= 4 is 29.3 Å². The summed E-state index contributed by atoms with van der Waals surface area (Å²) in [5, 5.41) is 4.73. The molecule has 134 valence electrons. The van der Waals surface area contributed by atoms with E-state index in [0.717, 1.165) is 0 Å². The van der Waals surface area contributed by atoms with Gasteiger partial charge in [-0.3, -0.25) is 4.79 Å². The second-order valence-electron chi connectivity index (χ2n) is 5.03. The number of hydrogen-bond donors (Lipinski definition) is 1. The van der Waals surface area contributed by atoms with Gasteiger partial charge in [0.2, 0.25) is 0 Å². The van der Waals surface area contributed by atoms with E-state index >= 15 is 0 Å². The van der Waals surface area contributed by atoms with Crippen molar-refractivity contribution in [3.05, 3.63) is 16.1 Å². The van der Waals surface area contributed by atoms with Gasteiger partial charge in [0.05, 0.1) is 19.8 Å². The molecule has 0 aliphatic carbocycles. The van der Waals surface area contributed by atoms with Gasteiger partial charge < -0.3 is 19.7 Å². The molecular weight excluding hydrogens is 334 g/mol. The van der Waals surface area contributed by atoms with Gasteiger partial charge in [0, 0.05) is 11.4 Å². The van der Waals surface area contributed by atoms with Crippen LogP contribution in [0.1, 0.15) is 43.2 Å². The first-order valence-corrected chi connectivity index (χ1v) is 8.58. The van der Waals surface area contributed by atoms with Gasteiger partial charge in [0.15, 0.2) is 5.69 Å². The standard InChI is InChI=1S/C15H23N3O5S/c1-5-22-13(19)7-16-15(21)18(10(3)4)8-12-17-11(9-24-12)14(20)23-6-2/h9-10H,5-8H2,1-4H3,(H,16,21). The van der Waals surface area contributed by atoms with Crippen molar-refractivity contribution in [1.29, 1.82) is 0 Å². The number of ether oxygens (including phenoxy) is 2. The molecule has 0 unspecified atom stereocenters. The molecule has 0 saturated carbocycles. The number of rotatable bonds is 8. The van der Waals surface area contributed by atoms with E-state index in [1.807, 2.05) is 13.8 Å². The van der Waals surface area contributed by atoms with Crippen LogP contribution >= 0.6 is 11.3 Å². The predicted molar refractivity (Wildman–Crippen MR) is 88.8 cm³/mol. The third-order valence-electron chi connectivity index (χ3n) is 2.92. The average Bonchev–Trinajstić information content (AvgIpc) is 2.99.